The van der Waals surface area contributed by atoms with Crippen LogP contribution < -0.4 is 61.3 Å². The molecule has 0 amide bonds. The molecule has 0 rings (SSSR count). The third kappa shape index (κ3) is 105. The van der Waals surface area contributed by atoms with Crippen molar-refractivity contribution >= 4 is 35.8 Å². The van der Waals surface area contributed by atoms with Crippen molar-refractivity contribution in [3.05, 3.63) is 0 Å². The molecule has 0 saturated heterocycles. The molecule has 0 aliphatic carbocycles. The van der Waals surface area contributed by atoms with E-state index in [1.807, 2.05) is 0 Å². The van der Waals surface area contributed by atoms with Gasteiger partial charge in [-0.15, -0.1) is 26.4 Å². The number of carboxylic acid groups (broad SMARTS) is 6. The number of hydrogen-bond donors (Lipinski definition) is 2. The molecule has 0 bridgehead atoms. The first-order valence-electron chi connectivity index (χ1n) is 20.5. The number of hydrogen-bond acceptors (Lipinski definition) is 22. The number of aliphatic hydroxyl groups excluding tert-OH is 2. The standard InChI is InChI=1S/2C6H13NO3.6C5H10O2.2CH3O.2Co.2Dy/c2*8-4-1-7(2-5-9)3-6-10;6*1-5(2,3)4(6)7;2*1-2;;;;/h2*8H,1-6H2;6*1-3H3,(H,6,7);2*1H3;;;;/q2*-2;;;;;;;2*-1;4*+3/p-6. The normalized spacial score (nSPS) is 10.0. The van der Waals surface area contributed by atoms with Crippen LogP contribution in [0.15, 0.2) is 0 Å². The molecule has 70 heavy (non-hydrogen) atoms. The Labute approximate surface area is 501 Å². The van der Waals surface area contributed by atoms with Crippen LogP contribution in [-0.2, 0) is 62.3 Å². The molecule has 0 aromatic rings. The molecule has 2 N–H and O–H groups in total. The van der Waals surface area contributed by atoms with E-state index < -0.39 is 68.3 Å². The molecule has 0 aliphatic heterocycles. The zero-order valence-electron chi connectivity index (χ0n) is 44.9. The smallest absolute Gasteiger partial charge is 0.857 e. The summed E-state index contributed by atoms with van der Waals surface area (Å²) < 4.78 is 0. The van der Waals surface area contributed by atoms with E-state index in [4.69, 9.17) is 20.4 Å². The van der Waals surface area contributed by atoms with Crippen molar-refractivity contribution in [1.29, 1.82) is 0 Å². The van der Waals surface area contributed by atoms with E-state index in [0.29, 0.717) is 39.3 Å². The Morgan fingerprint density at radius 1 is 0.314 bits per heavy atom. The second kappa shape index (κ2) is 61.5. The predicted molar refractivity (Wildman–Crippen MR) is 225 cm³/mol. The predicted octanol–water partition coefficient (Wildman–Crippen LogP) is -9.36. The molecule has 0 atom stereocenters. The van der Waals surface area contributed by atoms with Crippen molar-refractivity contribution in [3.8, 4) is 0 Å². The molecule has 26 heteroatoms. The molecule has 0 unspecified atom stereocenters. The summed E-state index contributed by atoms with van der Waals surface area (Å²) in [7, 11) is 1.50. The third-order valence-corrected chi connectivity index (χ3v) is 6.14. The maximum atomic E-state index is 10.1. The van der Waals surface area contributed by atoms with Crippen LogP contribution in [0.1, 0.15) is 125 Å². The van der Waals surface area contributed by atoms with Crippen LogP contribution in [0.3, 0.4) is 0 Å². The zero-order valence-corrected chi connectivity index (χ0v) is 51.1. The van der Waals surface area contributed by atoms with E-state index in [1.165, 1.54) is 0 Å². The van der Waals surface area contributed by atoms with Crippen LogP contribution in [0.2, 0.25) is 0 Å². The van der Waals surface area contributed by atoms with E-state index in [0.717, 1.165) is 14.2 Å². The summed E-state index contributed by atoms with van der Waals surface area (Å²) in [4.78, 5) is 62.8. The fourth-order valence-electron chi connectivity index (χ4n) is 1.47. The number of carbonyl (C=O) groups is 6. The molecule has 0 heterocycles. The molecule has 0 saturated carbocycles. The summed E-state index contributed by atoms with van der Waals surface area (Å²) in [5.74, 6) is -6.04. The number of aliphatic hydroxyl groups is 2. The zero-order chi connectivity index (χ0) is 56.1. The van der Waals surface area contributed by atoms with E-state index in [2.05, 4.69) is 0 Å². The third-order valence-electron chi connectivity index (χ3n) is 6.14. The topological polar surface area (TPSA) is 426 Å². The Kier molecular flexibility index (Phi) is 93.4. The van der Waals surface area contributed by atoms with Crippen molar-refractivity contribution < 1.29 is 210 Å². The first-order chi connectivity index (χ1) is 29.4. The molecule has 2 radical (unpaired) electrons. The summed E-state index contributed by atoms with van der Waals surface area (Å²) in [5.41, 5.74) is -4.17. The van der Waals surface area contributed by atoms with Crippen LogP contribution in [0, 0.1) is 109 Å². The maximum absolute atomic E-state index is 10.1. The van der Waals surface area contributed by atoms with Gasteiger partial charge in [-0.25, -0.2) is 0 Å². The SMILES string of the molecule is CC(C)(C)C(=O)[O-].CC(C)(C)C(=O)[O-].CC(C)(C)C(=O)[O-].CC(C)(C)C(=O)[O-].CC(C)(C)C(=O)[O-].CC(C)(C)C(=O)[O-].C[O-].C[O-].[Co+3].[Co+3].[Dy+3].[Dy+3].[O-]CCN(CC[O-])CCO.[O-]CCN(CC[O-])CCO. The Balaban J connectivity index is -0.0000000420. The molecular formula is C44H86Co2Dy2N2O20. The van der Waals surface area contributed by atoms with Crippen LogP contribution in [0.25, 0.3) is 0 Å². The first-order valence-corrected chi connectivity index (χ1v) is 20.5. The molecule has 0 aromatic carbocycles. The first kappa shape index (κ1) is 106. The van der Waals surface area contributed by atoms with Crippen molar-refractivity contribution in [2.45, 2.75) is 125 Å². The van der Waals surface area contributed by atoms with Crippen LogP contribution >= 0.6 is 0 Å². The maximum Gasteiger partial charge on any atom is 3.00 e. The fraction of sp³-hybridized carbons (Fsp3) is 0.864. The van der Waals surface area contributed by atoms with Crippen molar-refractivity contribution in [2.75, 3.05) is 93.1 Å². The quantitative estimate of drug-likeness (QED) is 0.183. The van der Waals surface area contributed by atoms with Gasteiger partial charge in [0.25, 0.3) is 0 Å². The second-order valence-electron chi connectivity index (χ2n) is 19.2. The minimum absolute atomic E-state index is 0. The summed E-state index contributed by atoms with van der Waals surface area (Å²) >= 11 is 0. The van der Waals surface area contributed by atoms with Crippen LogP contribution in [0.4, 0.5) is 0 Å². The summed E-state index contributed by atoms with van der Waals surface area (Å²) in [6.45, 7) is 30.3. The Morgan fingerprint density at radius 3 is 0.443 bits per heavy atom. The number of nitrogens with zero attached hydrogens (tertiary/aromatic N) is 2. The molecule has 0 aliphatic rings. The van der Waals surface area contributed by atoms with Gasteiger partial charge < -0.3 is 110 Å². The van der Waals surface area contributed by atoms with Gasteiger partial charge >= 0.3 is 110 Å². The summed E-state index contributed by atoms with van der Waals surface area (Å²) in [6.07, 6.45) is 0. The molecule has 0 fully saturated rings. The van der Waals surface area contributed by atoms with Gasteiger partial charge in [-0.2, -0.15) is 14.2 Å². The largest absolute Gasteiger partial charge is 3.00 e. The van der Waals surface area contributed by atoms with Crippen LogP contribution in [-0.4, -0.2) is 149 Å². The minimum atomic E-state index is -1.01. The molecular weight excluding hydrogens is 1320 g/mol. The molecule has 0 aromatic heterocycles. The monoisotopic (exact) mass is 1410 g/mol. The minimum Gasteiger partial charge on any atom is -0.857 e. The Morgan fingerprint density at radius 2 is 0.400 bits per heavy atom. The van der Waals surface area contributed by atoms with Gasteiger partial charge in [-0.1, -0.05) is 125 Å². The van der Waals surface area contributed by atoms with Gasteiger partial charge in [-0.05, 0) is 26.2 Å². The average molecular weight is 1410 g/mol. The van der Waals surface area contributed by atoms with Gasteiger partial charge in [0, 0.05) is 81.4 Å². The van der Waals surface area contributed by atoms with Gasteiger partial charge in [0.1, 0.15) is 0 Å². The summed E-state index contributed by atoms with van der Waals surface area (Å²) in [5, 5.41) is 133. The van der Waals surface area contributed by atoms with Gasteiger partial charge in [0.05, 0.1) is 13.2 Å². The Hall–Kier alpha value is -0.0216. The van der Waals surface area contributed by atoms with Gasteiger partial charge in [-0.3, -0.25) is 0 Å². The summed E-state index contributed by atoms with van der Waals surface area (Å²) in [6, 6.07) is 0. The Bertz CT molecular complexity index is 951. The number of carboxylic acids is 6. The van der Waals surface area contributed by atoms with Crippen molar-refractivity contribution in [1.82, 2.24) is 9.80 Å². The van der Waals surface area contributed by atoms with Crippen LogP contribution in [0.5, 0.6) is 0 Å². The number of carbonyl (C=O) groups excluding carboxylic acids is 6. The van der Waals surface area contributed by atoms with E-state index in [-0.39, 0.29) is 150 Å². The van der Waals surface area contributed by atoms with Gasteiger partial charge in [0.2, 0.25) is 0 Å². The molecule has 430 valence electrons. The van der Waals surface area contributed by atoms with Crippen molar-refractivity contribution in [2.24, 2.45) is 32.5 Å². The molecule has 0 spiro atoms. The van der Waals surface area contributed by atoms with Crippen molar-refractivity contribution in [3.63, 3.8) is 0 Å². The van der Waals surface area contributed by atoms with Gasteiger partial charge in [0.15, 0.2) is 0 Å². The number of aliphatic carboxylic acids is 6. The van der Waals surface area contributed by atoms with E-state index >= 15 is 0 Å². The second-order valence-corrected chi connectivity index (χ2v) is 19.2. The van der Waals surface area contributed by atoms with E-state index in [9.17, 15) is 79.8 Å². The fourth-order valence-corrected chi connectivity index (χ4v) is 1.47. The average Bonchev–Trinajstić information content (AvgIpc) is 3.13. The van der Waals surface area contributed by atoms with E-state index in [1.54, 1.807) is 134 Å². The molecule has 22 nitrogen and oxygen atoms in total. The number of rotatable bonds is 12.